The third kappa shape index (κ3) is 4.07. The maximum absolute atomic E-state index is 13.8. The van der Waals surface area contributed by atoms with E-state index < -0.39 is 12.0 Å². The van der Waals surface area contributed by atoms with Crippen molar-refractivity contribution in [2.45, 2.75) is 19.9 Å². The minimum absolute atomic E-state index is 0.0273. The molecular weight excluding hydrogens is 552 g/mol. The molecule has 0 fully saturated rings. The summed E-state index contributed by atoms with van der Waals surface area (Å²) in [5.41, 5.74) is 1.72. The van der Waals surface area contributed by atoms with Gasteiger partial charge in [0.25, 0.3) is 5.56 Å². The van der Waals surface area contributed by atoms with E-state index in [2.05, 4.69) is 20.9 Å². The van der Waals surface area contributed by atoms with Crippen LogP contribution in [0.25, 0.3) is 6.08 Å². The lowest BCUT2D eigenvalue weighted by Gasteiger charge is -2.24. The van der Waals surface area contributed by atoms with Crippen molar-refractivity contribution in [1.29, 1.82) is 0 Å². The first-order valence-corrected chi connectivity index (χ1v) is 12.6. The molecule has 0 radical (unpaired) electrons. The van der Waals surface area contributed by atoms with Crippen LogP contribution < -0.4 is 29.1 Å². The zero-order chi connectivity index (χ0) is 25.6. The number of benzene rings is 2. The van der Waals surface area contributed by atoms with E-state index in [1.165, 1.54) is 29.1 Å². The minimum atomic E-state index is -0.769. The van der Waals surface area contributed by atoms with Gasteiger partial charge in [0.2, 0.25) is 6.79 Å². The Kier molecular flexibility index (Phi) is 6.35. The van der Waals surface area contributed by atoms with Gasteiger partial charge in [-0.15, -0.1) is 0 Å². The van der Waals surface area contributed by atoms with Crippen LogP contribution in [-0.4, -0.2) is 36.2 Å². The first-order valence-electron chi connectivity index (χ1n) is 11.0. The third-order valence-electron chi connectivity index (χ3n) is 5.81. The Morgan fingerprint density at radius 1 is 1.31 bits per heavy atom. The minimum Gasteiger partial charge on any atom is -0.504 e. The summed E-state index contributed by atoms with van der Waals surface area (Å²) < 4.78 is 24.0. The smallest absolute Gasteiger partial charge is 0.338 e. The number of carbonyl (C=O) groups is 1. The summed E-state index contributed by atoms with van der Waals surface area (Å²) >= 11 is 4.63. The molecule has 11 heteroatoms. The highest BCUT2D eigenvalue weighted by Crippen LogP contribution is 2.38. The van der Waals surface area contributed by atoms with Crippen LogP contribution in [0.4, 0.5) is 0 Å². The fourth-order valence-corrected chi connectivity index (χ4v) is 5.65. The Labute approximate surface area is 217 Å². The highest BCUT2D eigenvalue weighted by molar-refractivity contribution is 9.10. The molecule has 0 bridgehead atoms. The zero-order valence-corrected chi connectivity index (χ0v) is 21.9. The number of methoxy groups -OCH3 is 1. The van der Waals surface area contributed by atoms with Crippen molar-refractivity contribution in [2.75, 3.05) is 20.5 Å². The van der Waals surface area contributed by atoms with Gasteiger partial charge in [-0.1, -0.05) is 33.3 Å². The van der Waals surface area contributed by atoms with Crippen LogP contribution in [0.5, 0.6) is 23.0 Å². The van der Waals surface area contributed by atoms with E-state index in [1.807, 2.05) is 0 Å². The molecule has 0 amide bonds. The van der Waals surface area contributed by atoms with Gasteiger partial charge in [-0.05, 0) is 55.3 Å². The topological polar surface area (TPSA) is 109 Å². The molecule has 36 heavy (non-hydrogen) atoms. The molecule has 1 aromatic heterocycles. The summed E-state index contributed by atoms with van der Waals surface area (Å²) in [7, 11) is 1.45. The quantitative estimate of drug-likeness (QED) is 0.468. The number of ether oxygens (including phenoxy) is 4. The van der Waals surface area contributed by atoms with Gasteiger partial charge < -0.3 is 24.1 Å². The molecule has 3 aromatic rings. The molecule has 1 unspecified atom stereocenters. The van der Waals surface area contributed by atoms with Gasteiger partial charge in [0.05, 0.1) is 35.6 Å². The normalized spacial score (nSPS) is 16.6. The number of hydrogen-bond acceptors (Lipinski definition) is 9. The average molecular weight is 573 g/mol. The molecule has 2 aliphatic rings. The summed E-state index contributed by atoms with van der Waals surface area (Å²) in [5, 5.41) is 10.0. The molecule has 5 rings (SSSR count). The first-order chi connectivity index (χ1) is 17.3. The molecule has 0 saturated heterocycles. The van der Waals surface area contributed by atoms with E-state index in [9.17, 15) is 14.7 Å². The molecule has 1 N–H and O–H groups in total. The van der Waals surface area contributed by atoms with Crippen molar-refractivity contribution < 1.29 is 28.8 Å². The van der Waals surface area contributed by atoms with Crippen molar-refractivity contribution >= 4 is 39.3 Å². The average Bonchev–Trinajstić information content (AvgIpc) is 3.43. The van der Waals surface area contributed by atoms with Gasteiger partial charge in [-0.3, -0.25) is 9.36 Å². The van der Waals surface area contributed by atoms with E-state index >= 15 is 0 Å². The van der Waals surface area contributed by atoms with Crippen LogP contribution in [0.2, 0.25) is 0 Å². The Balaban J connectivity index is 1.73. The molecule has 9 nitrogen and oxygen atoms in total. The second kappa shape index (κ2) is 9.47. The van der Waals surface area contributed by atoms with Gasteiger partial charge in [0, 0.05) is 4.47 Å². The van der Waals surface area contributed by atoms with Gasteiger partial charge in [-0.25, -0.2) is 9.79 Å². The number of carbonyl (C=O) groups excluding carboxylic acids is 1. The molecular formula is C25H21BrN2O7S. The largest absolute Gasteiger partial charge is 0.504 e. The number of rotatable bonds is 5. The lowest BCUT2D eigenvalue weighted by Crippen LogP contribution is -2.39. The van der Waals surface area contributed by atoms with E-state index in [0.29, 0.717) is 42.1 Å². The lowest BCUT2D eigenvalue weighted by molar-refractivity contribution is -0.139. The van der Waals surface area contributed by atoms with Crippen LogP contribution >= 0.6 is 27.3 Å². The van der Waals surface area contributed by atoms with E-state index in [0.717, 1.165) is 0 Å². The lowest BCUT2D eigenvalue weighted by atomic mass is 9.95. The number of phenols is 1. The van der Waals surface area contributed by atoms with E-state index in [-0.39, 0.29) is 36.0 Å². The summed E-state index contributed by atoms with van der Waals surface area (Å²) in [6, 6.07) is 7.68. The van der Waals surface area contributed by atoms with Crippen LogP contribution in [0.1, 0.15) is 31.0 Å². The number of fused-ring (bicyclic) bond motifs is 2. The van der Waals surface area contributed by atoms with Crippen LogP contribution in [-0.2, 0) is 9.53 Å². The number of aromatic nitrogens is 1. The number of esters is 1. The Morgan fingerprint density at radius 2 is 2.08 bits per heavy atom. The number of halogens is 1. The maximum Gasteiger partial charge on any atom is 0.338 e. The number of allylic oxidation sites excluding steroid dienone is 1. The van der Waals surface area contributed by atoms with Gasteiger partial charge in [-0.2, -0.15) is 0 Å². The molecule has 0 aliphatic carbocycles. The van der Waals surface area contributed by atoms with E-state index in [4.69, 9.17) is 18.9 Å². The van der Waals surface area contributed by atoms with Crippen molar-refractivity contribution in [1.82, 2.24) is 4.57 Å². The number of aromatic hydroxyl groups is 1. The number of hydrogen-bond donors (Lipinski definition) is 1. The summed E-state index contributed by atoms with van der Waals surface area (Å²) in [6.07, 6.45) is 1.69. The number of nitrogens with zero attached hydrogens (tertiary/aromatic N) is 2. The van der Waals surface area contributed by atoms with Crippen molar-refractivity contribution in [3.05, 3.63) is 76.9 Å². The fraction of sp³-hybridized carbons (Fsp3) is 0.240. The van der Waals surface area contributed by atoms with Crippen LogP contribution in [0.3, 0.4) is 0 Å². The maximum atomic E-state index is 13.8. The molecule has 1 atom stereocenters. The van der Waals surface area contributed by atoms with Gasteiger partial charge >= 0.3 is 5.97 Å². The molecule has 0 saturated carbocycles. The Bertz CT molecular complexity index is 1610. The van der Waals surface area contributed by atoms with Crippen LogP contribution in [0.15, 0.2) is 55.9 Å². The first kappa shape index (κ1) is 24.1. The molecule has 3 heterocycles. The fourth-order valence-electron chi connectivity index (χ4n) is 4.16. The molecule has 0 spiro atoms. The number of phenolic OH excluding ortho intramolecular Hbond substituents is 1. The van der Waals surface area contributed by atoms with Crippen molar-refractivity contribution in [2.24, 2.45) is 4.99 Å². The SMILES string of the molecule is CCOC(=O)C1=C(C)N=c2sc(=Cc3cc(OC)c(O)cc3Br)c(=O)n2C1c1ccc2c(c1)OCO2. The summed E-state index contributed by atoms with van der Waals surface area (Å²) in [6.45, 7) is 3.74. The zero-order valence-electron chi connectivity index (χ0n) is 19.5. The van der Waals surface area contributed by atoms with Gasteiger partial charge in [0.1, 0.15) is 0 Å². The highest BCUT2D eigenvalue weighted by Gasteiger charge is 2.34. The molecule has 2 aromatic carbocycles. The standard InChI is InChI=1S/C25H21BrN2O7S/c1-4-33-24(31)21-12(2)27-25-28(22(21)13-5-6-17-19(7-13)35-11-34-17)23(30)20(36-25)9-14-8-18(32-3)16(29)10-15(14)26/h5-10,22,29H,4,11H2,1-3H3. The second-order valence-corrected chi connectivity index (χ2v) is 9.82. The van der Waals surface area contributed by atoms with E-state index in [1.54, 1.807) is 44.2 Å². The monoisotopic (exact) mass is 572 g/mol. The second-order valence-electron chi connectivity index (χ2n) is 7.96. The van der Waals surface area contributed by atoms with Gasteiger partial charge in [0.15, 0.2) is 27.8 Å². The highest BCUT2D eigenvalue weighted by atomic mass is 79.9. The Morgan fingerprint density at radius 3 is 2.83 bits per heavy atom. The summed E-state index contributed by atoms with van der Waals surface area (Å²) in [4.78, 5) is 31.8. The molecule has 186 valence electrons. The predicted molar refractivity (Wildman–Crippen MR) is 135 cm³/mol. The van der Waals surface area contributed by atoms with Crippen LogP contribution in [0, 0.1) is 0 Å². The molecule has 2 aliphatic heterocycles. The van der Waals surface area contributed by atoms with Crippen molar-refractivity contribution in [3.8, 4) is 23.0 Å². The Hall–Kier alpha value is -3.57. The summed E-state index contributed by atoms with van der Waals surface area (Å²) in [5.74, 6) is 0.835. The number of thiazole rings is 1. The van der Waals surface area contributed by atoms with Crippen molar-refractivity contribution in [3.63, 3.8) is 0 Å². The predicted octanol–water partition coefficient (Wildman–Crippen LogP) is 3.00. The third-order valence-corrected chi connectivity index (χ3v) is 7.48.